The van der Waals surface area contributed by atoms with E-state index in [9.17, 15) is 4.79 Å². The summed E-state index contributed by atoms with van der Waals surface area (Å²) < 4.78 is 5.41. The minimum atomic E-state index is -0.0784. The number of nitrogens with one attached hydrogen (secondary N) is 1. The highest BCUT2D eigenvalue weighted by atomic mass is 35.5. The van der Waals surface area contributed by atoms with Crippen molar-refractivity contribution in [1.29, 1.82) is 0 Å². The van der Waals surface area contributed by atoms with Gasteiger partial charge in [-0.2, -0.15) is 0 Å². The van der Waals surface area contributed by atoms with Gasteiger partial charge < -0.3 is 10.1 Å². The van der Waals surface area contributed by atoms with Crippen molar-refractivity contribution in [1.82, 2.24) is 10.3 Å². The molecule has 0 bridgehead atoms. The molecule has 1 heterocycles. The van der Waals surface area contributed by atoms with Crippen LogP contribution in [0.2, 0.25) is 5.02 Å². The topological polar surface area (TPSA) is 51.2 Å². The molecule has 2 rings (SSSR count). The average Bonchev–Trinajstić information content (AvgIpc) is 2.54. The lowest BCUT2D eigenvalue weighted by atomic mass is 10.1. The van der Waals surface area contributed by atoms with Crippen LogP contribution < -0.4 is 10.1 Å². The van der Waals surface area contributed by atoms with E-state index in [0.717, 1.165) is 11.3 Å². The molecule has 0 radical (unpaired) electrons. The lowest BCUT2D eigenvalue weighted by Crippen LogP contribution is -2.25. The summed E-state index contributed by atoms with van der Waals surface area (Å²) in [6.45, 7) is 2.47. The van der Waals surface area contributed by atoms with Gasteiger partial charge in [0.05, 0.1) is 19.2 Å². The van der Waals surface area contributed by atoms with E-state index in [4.69, 9.17) is 16.3 Å². The number of pyridine rings is 1. The third-order valence-electron chi connectivity index (χ3n) is 2.97. The highest BCUT2D eigenvalue weighted by Crippen LogP contribution is 2.09. The van der Waals surface area contributed by atoms with Crippen LogP contribution in [0.25, 0.3) is 0 Å². The molecular weight excluding hydrogens is 312 g/mol. The molecule has 0 aliphatic rings. The first-order valence-corrected chi connectivity index (χ1v) is 7.53. The molecule has 0 fully saturated rings. The third kappa shape index (κ3) is 6.41. The monoisotopic (exact) mass is 328 g/mol. The van der Waals surface area contributed by atoms with E-state index in [2.05, 4.69) is 22.1 Å². The zero-order valence-corrected chi connectivity index (χ0v) is 13.6. The molecule has 0 atom stereocenters. The van der Waals surface area contributed by atoms with Crippen LogP contribution in [0.4, 0.5) is 0 Å². The second-order valence-corrected chi connectivity index (χ2v) is 5.29. The molecule has 0 aliphatic carbocycles. The summed E-state index contributed by atoms with van der Waals surface area (Å²) in [5.74, 6) is 6.29. The lowest BCUT2D eigenvalue weighted by Gasteiger charge is -2.02. The van der Waals surface area contributed by atoms with E-state index in [-0.39, 0.29) is 12.5 Å². The molecule has 0 unspecified atom stereocenters. The summed E-state index contributed by atoms with van der Waals surface area (Å²) in [4.78, 5) is 15.9. The number of aromatic nitrogens is 1. The molecule has 5 heteroatoms. The molecule has 0 saturated heterocycles. The minimum Gasteiger partial charge on any atom is -0.479 e. The van der Waals surface area contributed by atoms with Gasteiger partial charge in [0.2, 0.25) is 5.91 Å². The number of aryl methyl sites for hydroxylation is 1. The molecule has 0 spiro atoms. The van der Waals surface area contributed by atoms with Crippen LogP contribution in [0.1, 0.15) is 11.3 Å². The summed E-state index contributed by atoms with van der Waals surface area (Å²) >= 11 is 5.80. The van der Waals surface area contributed by atoms with Gasteiger partial charge in [0, 0.05) is 10.7 Å². The van der Waals surface area contributed by atoms with Crippen molar-refractivity contribution in [2.75, 3.05) is 13.2 Å². The molecule has 118 valence electrons. The molecule has 1 aromatic carbocycles. The summed E-state index contributed by atoms with van der Waals surface area (Å²) in [6, 6.07) is 10.9. The highest BCUT2D eigenvalue weighted by molar-refractivity contribution is 6.30. The van der Waals surface area contributed by atoms with Crippen molar-refractivity contribution in [2.45, 2.75) is 13.3 Å². The Labute approximate surface area is 140 Å². The van der Waals surface area contributed by atoms with Gasteiger partial charge in [0.25, 0.3) is 0 Å². The zero-order chi connectivity index (χ0) is 16.5. The fourth-order valence-corrected chi connectivity index (χ4v) is 1.89. The van der Waals surface area contributed by atoms with Gasteiger partial charge in [0.1, 0.15) is 12.4 Å². The molecule has 1 N–H and O–H groups in total. The molecule has 0 saturated carbocycles. The maximum atomic E-state index is 11.7. The van der Waals surface area contributed by atoms with Gasteiger partial charge >= 0.3 is 0 Å². The van der Waals surface area contributed by atoms with Crippen LogP contribution in [0.15, 0.2) is 42.6 Å². The van der Waals surface area contributed by atoms with E-state index < -0.39 is 0 Å². The highest BCUT2D eigenvalue weighted by Gasteiger charge is 2.01. The van der Waals surface area contributed by atoms with Gasteiger partial charge in [0.15, 0.2) is 0 Å². The number of benzene rings is 1. The second-order valence-electron chi connectivity index (χ2n) is 4.86. The van der Waals surface area contributed by atoms with Crippen molar-refractivity contribution < 1.29 is 9.53 Å². The maximum absolute atomic E-state index is 11.7. The van der Waals surface area contributed by atoms with Crippen LogP contribution in [0, 0.1) is 18.8 Å². The second kappa shape index (κ2) is 8.82. The third-order valence-corrected chi connectivity index (χ3v) is 3.22. The van der Waals surface area contributed by atoms with Crippen molar-refractivity contribution in [3.05, 3.63) is 58.9 Å². The number of amides is 1. The Kier molecular flexibility index (Phi) is 6.46. The average molecular weight is 329 g/mol. The molecule has 1 amide bonds. The van der Waals surface area contributed by atoms with Crippen molar-refractivity contribution in [3.8, 4) is 17.6 Å². The number of nitrogens with zero attached hydrogens (tertiary/aromatic N) is 1. The van der Waals surface area contributed by atoms with Crippen LogP contribution in [0.3, 0.4) is 0 Å². The van der Waals surface area contributed by atoms with Gasteiger partial charge in [-0.25, -0.2) is 0 Å². The summed E-state index contributed by atoms with van der Waals surface area (Å²) in [7, 11) is 0. The molecular formula is C18H17ClN2O2. The van der Waals surface area contributed by atoms with Crippen LogP contribution >= 0.6 is 11.6 Å². The fraction of sp³-hybridized carbons (Fsp3) is 0.222. The molecule has 2 aromatic rings. The van der Waals surface area contributed by atoms with E-state index in [1.807, 2.05) is 31.2 Å². The van der Waals surface area contributed by atoms with Crippen molar-refractivity contribution >= 4 is 17.5 Å². The maximum Gasteiger partial charge on any atom is 0.225 e. The van der Waals surface area contributed by atoms with Crippen LogP contribution in [0.5, 0.6) is 5.75 Å². The summed E-state index contributed by atoms with van der Waals surface area (Å²) in [5, 5.41) is 3.39. The quantitative estimate of drug-likeness (QED) is 0.859. The Morgan fingerprint density at radius 1 is 1.22 bits per heavy atom. The SMILES string of the molecule is Cc1ccc(OCC#CCNC(=O)Cc2ccc(Cl)cc2)cn1. The predicted molar refractivity (Wildman–Crippen MR) is 90.4 cm³/mol. The van der Waals surface area contributed by atoms with E-state index in [1.165, 1.54) is 0 Å². The number of carbonyl (C=O) groups excluding carboxylic acids is 1. The molecule has 23 heavy (non-hydrogen) atoms. The largest absolute Gasteiger partial charge is 0.479 e. The molecule has 1 aromatic heterocycles. The number of rotatable bonds is 5. The van der Waals surface area contributed by atoms with Crippen molar-refractivity contribution in [2.24, 2.45) is 0 Å². The predicted octanol–water partition coefficient (Wildman–Crippen LogP) is 2.78. The fourth-order valence-electron chi connectivity index (χ4n) is 1.77. The van der Waals surface area contributed by atoms with Gasteiger partial charge in [-0.05, 0) is 36.8 Å². The summed E-state index contributed by atoms with van der Waals surface area (Å²) in [5.41, 5.74) is 1.85. The van der Waals surface area contributed by atoms with E-state index in [0.29, 0.717) is 23.7 Å². The molecule has 0 aliphatic heterocycles. The Hall–Kier alpha value is -2.51. The number of ether oxygens (including phenoxy) is 1. The van der Waals surface area contributed by atoms with Crippen molar-refractivity contribution in [3.63, 3.8) is 0 Å². The number of hydrogen-bond donors (Lipinski definition) is 1. The summed E-state index contributed by atoms with van der Waals surface area (Å²) in [6.07, 6.45) is 1.97. The Morgan fingerprint density at radius 2 is 2.00 bits per heavy atom. The van der Waals surface area contributed by atoms with Gasteiger partial charge in [-0.15, -0.1) is 0 Å². The van der Waals surface area contributed by atoms with E-state index in [1.54, 1.807) is 18.3 Å². The van der Waals surface area contributed by atoms with Crippen LogP contribution in [-0.2, 0) is 11.2 Å². The molecule has 4 nitrogen and oxygen atoms in total. The van der Waals surface area contributed by atoms with Gasteiger partial charge in [-0.3, -0.25) is 9.78 Å². The smallest absolute Gasteiger partial charge is 0.225 e. The Morgan fingerprint density at radius 3 is 2.70 bits per heavy atom. The standard InChI is InChI=1S/C18H17ClN2O2/c1-14-4-9-17(13-21-14)23-11-3-2-10-20-18(22)12-15-5-7-16(19)8-6-15/h4-9,13H,10-12H2,1H3,(H,20,22). The normalized spacial score (nSPS) is 9.65. The first kappa shape index (κ1) is 16.9. The first-order chi connectivity index (χ1) is 11.1. The van der Waals surface area contributed by atoms with E-state index >= 15 is 0 Å². The Balaban J connectivity index is 1.65. The lowest BCUT2D eigenvalue weighted by molar-refractivity contribution is -0.120. The Bertz CT molecular complexity index is 701. The van der Waals surface area contributed by atoms with Gasteiger partial charge in [-0.1, -0.05) is 35.6 Å². The zero-order valence-electron chi connectivity index (χ0n) is 12.8. The number of halogens is 1. The first-order valence-electron chi connectivity index (χ1n) is 7.16. The number of carbonyl (C=O) groups is 1. The number of hydrogen-bond acceptors (Lipinski definition) is 3. The van der Waals surface area contributed by atoms with Crippen LogP contribution in [-0.4, -0.2) is 24.0 Å². The minimum absolute atomic E-state index is 0.0784.